The number of aromatic amines is 1. The molecular weight excluding hydrogens is 212 g/mol. The van der Waals surface area contributed by atoms with Crippen LogP contribution in [0.1, 0.15) is 24.7 Å². The number of aromatic nitrogens is 2. The average Bonchev–Trinajstić information content (AvgIpc) is 2.72. The van der Waals surface area contributed by atoms with Crippen LogP contribution in [0, 0.1) is 6.92 Å². The van der Waals surface area contributed by atoms with Crippen molar-refractivity contribution in [3.63, 3.8) is 0 Å². The quantitative estimate of drug-likeness (QED) is 0.874. The lowest BCUT2D eigenvalue weighted by Crippen LogP contribution is -1.86. The predicted molar refractivity (Wildman–Crippen MR) is 69.3 cm³/mol. The summed E-state index contributed by atoms with van der Waals surface area (Å²) >= 11 is 0. The smallest absolute Gasteiger partial charge is 0.137 e. The Balaban J connectivity index is 2.35. The Kier molecular flexibility index (Phi) is 3.47. The van der Waals surface area contributed by atoms with E-state index < -0.39 is 0 Å². The number of H-pyrrole nitrogens is 1. The fraction of sp³-hybridized carbons (Fsp3) is 0.357. The van der Waals surface area contributed by atoms with E-state index in [9.17, 15) is 0 Å². The lowest BCUT2D eigenvalue weighted by Gasteiger charge is -2.01. The number of nitrogens with zero attached hydrogens (tertiary/aromatic N) is 1. The minimum atomic E-state index is 0.855. The third-order valence-electron chi connectivity index (χ3n) is 2.82. The van der Waals surface area contributed by atoms with E-state index in [0.29, 0.717) is 0 Å². The lowest BCUT2D eigenvalue weighted by molar-refractivity contribution is 0.415. The molecule has 3 heteroatoms. The highest BCUT2D eigenvalue weighted by molar-refractivity contribution is 5.58. The standard InChI is InChI=1S/C14H18N2O/c1-4-6-13-10(2)15-14(16-13)11-7-5-8-12(9-11)17-3/h5,7-9H,4,6H2,1-3H3,(H,15,16). The Bertz CT molecular complexity index is 503. The SMILES string of the molecule is CCCc1nc(-c2cccc(OC)c2)[nH]c1C. The fourth-order valence-electron chi connectivity index (χ4n) is 1.88. The first-order chi connectivity index (χ1) is 8.24. The van der Waals surface area contributed by atoms with E-state index in [1.165, 1.54) is 0 Å². The maximum absolute atomic E-state index is 5.22. The Morgan fingerprint density at radius 3 is 2.88 bits per heavy atom. The Morgan fingerprint density at radius 2 is 2.18 bits per heavy atom. The van der Waals surface area contributed by atoms with Gasteiger partial charge in [-0.05, 0) is 25.5 Å². The monoisotopic (exact) mass is 230 g/mol. The van der Waals surface area contributed by atoms with E-state index in [1.54, 1.807) is 7.11 Å². The number of hydrogen-bond acceptors (Lipinski definition) is 2. The van der Waals surface area contributed by atoms with Crippen molar-refractivity contribution in [2.45, 2.75) is 26.7 Å². The highest BCUT2D eigenvalue weighted by Crippen LogP contribution is 2.22. The second-order valence-corrected chi connectivity index (χ2v) is 4.14. The van der Waals surface area contributed by atoms with Crippen molar-refractivity contribution >= 4 is 0 Å². The summed E-state index contributed by atoms with van der Waals surface area (Å²) in [4.78, 5) is 7.96. The van der Waals surface area contributed by atoms with E-state index in [-0.39, 0.29) is 0 Å². The van der Waals surface area contributed by atoms with E-state index in [2.05, 4.69) is 23.8 Å². The van der Waals surface area contributed by atoms with Crippen LogP contribution in [0.4, 0.5) is 0 Å². The molecule has 0 radical (unpaired) electrons. The van der Waals surface area contributed by atoms with Gasteiger partial charge in [0.2, 0.25) is 0 Å². The molecule has 1 aromatic carbocycles. The van der Waals surface area contributed by atoms with Crippen molar-refractivity contribution in [2.24, 2.45) is 0 Å². The van der Waals surface area contributed by atoms with Crippen LogP contribution in [0.5, 0.6) is 5.75 Å². The first-order valence-corrected chi connectivity index (χ1v) is 5.94. The number of nitrogens with one attached hydrogen (secondary N) is 1. The molecule has 17 heavy (non-hydrogen) atoms. The zero-order valence-corrected chi connectivity index (χ0v) is 10.6. The Morgan fingerprint density at radius 1 is 1.35 bits per heavy atom. The maximum Gasteiger partial charge on any atom is 0.137 e. The van der Waals surface area contributed by atoms with Crippen molar-refractivity contribution < 1.29 is 4.74 Å². The molecule has 0 aliphatic carbocycles. The van der Waals surface area contributed by atoms with E-state index in [0.717, 1.165) is 41.4 Å². The van der Waals surface area contributed by atoms with Gasteiger partial charge in [0.1, 0.15) is 11.6 Å². The lowest BCUT2D eigenvalue weighted by atomic mass is 10.2. The van der Waals surface area contributed by atoms with Gasteiger partial charge >= 0.3 is 0 Å². The molecule has 0 saturated heterocycles. The molecule has 0 atom stereocenters. The molecular formula is C14H18N2O. The molecule has 0 aliphatic rings. The zero-order chi connectivity index (χ0) is 12.3. The number of ether oxygens (including phenoxy) is 1. The van der Waals surface area contributed by atoms with Crippen LogP contribution in [-0.4, -0.2) is 17.1 Å². The van der Waals surface area contributed by atoms with Gasteiger partial charge in [-0.2, -0.15) is 0 Å². The van der Waals surface area contributed by atoms with Gasteiger partial charge in [-0.3, -0.25) is 0 Å². The molecule has 2 aromatic rings. The third kappa shape index (κ3) is 2.49. The van der Waals surface area contributed by atoms with Crippen LogP contribution < -0.4 is 4.74 Å². The molecule has 0 bridgehead atoms. The van der Waals surface area contributed by atoms with Gasteiger partial charge in [-0.25, -0.2) is 4.98 Å². The van der Waals surface area contributed by atoms with Crippen LogP contribution in [0.25, 0.3) is 11.4 Å². The van der Waals surface area contributed by atoms with E-state index >= 15 is 0 Å². The highest BCUT2D eigenvalue weighted by Gasteiger charge is 2.08. The summed E-state index contributed by atoms with van der Waals surface area (Å²) in [6, 6.07) is 7.95. The third-order valence-corrected chi connectivity index (χ3v) is 2.82. The second kappa shape index (κ2) is 5.04. The number of imidazole rings is 1. The van der Waals surface area contributed by atoms with Gasteiger partial charge in [0, 0.05) is 11.3 Å². The van der Waals surface area contributed by atoms with Gasteiger partial charge in [0.25, 0.3) is 0 Å². The van der Waals surface area contributed by atoms with Gasteiger partial charge in [-0.15, -0.1) is 0 Å². The molecule has 1 N–H and O–H groups in total. The average molecular weight is 230 g/mol. The van der Waals surface area contributed by atoms with Crippen LogP contribution in [0.3, 0.4) is 0 Å². The number of benzene rings is 1. The van der Waals surface area contributed by atoms with Gasteiger partial charge < -0.3 is 9.72 Å². The molecule has 90 valence electrons. The van der Waals surface area contributed by atoms with E-state index in [4.69, 9.17) is 4.74 Å². The van der Waals surface area contributed by atoms with Crippen LogP contribution >= 0.6 is 0 Å². The van der Waals surface area contributed by atoms with E-state index in [1.807, 2.05) is 24.3 Å². The minimum absolute atomic E-state index is 0.855. The first-order valence-electron chi connectivity index (χ1n) is 5.94. The largest absolute Gasteiger partial charge is 0.497 e. The van der Waals surface area contributed by atoms with Crippen molar-refractivity contribution in [3.05, 3.63) is 35.7 Å². The molecule has 0 spiro atoms. The second-order valence-electron chi connectivity index (χ2n) is 4.14. The molecule has 0 fully saturated rings. The summed E-state index contributed by atoms with van der Waals surface area (Å²) in [5, 5.41) is 0. The summed E-state index contributed by atoms with van der Waals surface area (Å²) in [6.07, 6.45) is 2.13. The molecule has 1 heterocycles. The molecule has 2 rings (SSSR count). The van der Waals surface area contributed by atoms with Crippen molar-refractivity contribution in [2.75, 3.05) is 7.11 Å². The zero-order valence-electron chi connectivity index (χ0n) is 10.6. The fourth-order valence-corrected chi connectivity index (χ4v) is 1.88. The summed E-state index contributed by atoms with van der Waals surface area (Å²) in [5.41, 5.74) is 3.38. The Labute approximate surface area is 102 Å². The van der Waals surface area contributed by atoms with Crippen molar-refractivity contribution in [3.8, 4) is 17.1 Å². The summed E-state index contributed by atoms with van der Waals surface area (Å²) < 4.78 is 5.22. The van der Waals surface area contributed by atoms with Gasteiger partial charge in [0.05, 0.1) is 12.8 Å². The number of aryl methyl sites for hydroxylation is 2. The molecule has 0 saturated carbocycles. The Hall–Kier alpha value is -1.77. The van der Waals surface area contributed by atoms with Gasteiger partial charge in [-0.1, -0.05) is 25.5 Å². The van der Waals surface area contributed by atoms with Crippen LogP contribution in [0.2, 0.25) is 0 Å². The molecule has 0 amide bonds. The van der Waals surface area contributed by atoms with Crippen LogP contribution in [0.15, 0.2) is 24.3 Å². The van der Waals surface area contributed by atoms with Crippen molar-refractivity contribution in [1.29, 1.82) is 0 Å². The number of rotatable bonds is 4. The van der Waals surface area contributed by atoms with Gasteiger partial charge in [0.15, 0.2) is 0 Å². The number of methoxy groups -OCH3 is 1. The van der Waals surface area contributed by atoms with Crippen LogP contribution in [-0.2, 0) is 6.42 Å². The summed E-state index contributed by atoms with van der Waals surface area (Å²) in [7, 11) is 1.68. The maximum atomic E-state index is 5.22. The molecule has 1 aromatic heterocycles. The minimum Gasteiger partial charge on any atom is -0.497 e. The normalized spacial score (nSPS) is 10.5. The highest BCUT2D eigenvalue weighted by atomic mass is 16.5. The predicted octanol–water partition coefficient (Wildman–Crippen LogP) is 3.35. The van der Waals surface area contributed by atoms with Crippen molar-refractivity contribution in [1.82, 2.24) is 9.97 Å². The molecule has 3 nitrogen and oxygen atoms in total. The number of hydrogen-bond donors (Lipinski definition) is 1. The topological polar surface area (TPSA) is 37.9 Å². The summed E-state index contributed by atoms with van der Waals surface area (Å²) in [6.45, 7) is 4.24. The first kappa shape index (κ1) is 11.7. The summed E-state index contributed by atoms with van der Waals surface area (Å²) in [5.74, 6) is 1.78. The molecule has 0 unspecified atom stereocenters. The molecule has 0 aliphatic heterocycles.